The van der Waals surface area contributed by atoms with Crippen LogP contribution in [-0.2, 0) is 4.79 Å². The molecule has 1 unspecified atom stereocenters. The first-order chi connectivity index (χ1) is 3.68. The lowest BCUT2D eigenvalue weighted by Gasteiger charge is -1.94. The second kappa shape index (κ2) is 3.15. The van der Waals surface area contributed by atoms with E-state index in [4.69, 9.17) is 10.8 Å². The fourth-order valence-corrected chi connectivity index (χ4v) is 0.224. The van der Waals surface area contributed by atoms with Crippen molar-refractivity contribution in [2.45, 2.75) is 13.1 Å². The van der Waals surface area contributed by atoms with E-state index in [2.05, 4.69) is 4.99 Å². The Labute approximate surface area is 47.0 Å². The van der Waals surface area contributed by atoms with E-state index in [1.165, 1.54) is 6.21 Å². The quantitative estimate of drug-likeness (QED) is 0.475. The zero-order valence-electron chi connectivity index (χ0n) is 4.53. The zero-order valence-corrected chi connectivity index (χ0v) is 4.53. The Bertz CT molecular complexity index is 111. The zero-order chi connectivity index (χ0) is 6.57. The van der Waals surface area contributed by atoms with E-state index in [1.54, 1.807) is 6.92 Å². The number of aliphatic imine (C=N–C) groups is 1. The number of nitrogens with two attached hydrogens (primary N) is 1. The average molecular weight is 116 g/mol. The third-order valence-corrected chi connectivity index (χ3v) is 0.563. The number of hydrogen-bond acceptors (Lipinski definition) is 3. The van der Waals surface area contributed by atoms with Crippen molar-refractivity contribution in [1.29, 1.82) is 0 Å². The second-order valence-corrected chi connectivity index (χ2v) is 1.19. The van der Waals surface area contributed by atoms with Crippen molar-refractivity contribution in [2.24, 2.45) is 10.7 Å². The Hall–Kier alpha value is -0.900. The molecule has 0 saturated carbocycles. The number of nitrogens with zero attached hydrogens (tertiary/aromatic N) is 1. The SMILES string of the molecule is C/C=N/C(N)C(=O)O. The molecule has 3 N–H and O–H groups in total. The van der Waals surface area contributed by atoms with Crippen molar-refractivity contribution in [3.63, 3.8) is 0 Å². The van der Waals surface area contributed by atoms with E-state index in [9.17, 15) is 4.79 Å². The maximum atomic E-state index is 9.85. The molecule has 4 heteroatoms. The second-order valence-electron chi connectivity index (χ2n) is 1.19. The van der Waals surface area contributed by atoms with Crippen LogP contribution in [0.5, 0.6) is 0 Å². The van der Waals surface area contributed by atoms with Crippen LogP contribution in [0.15, 0.2) is 4.99 Å². The van der Waals surface area contributed by atoms with Crippen LogP contribution in [0.3, 0.4) is 0 Å². The van der Waals surface area contributed by atoms with Gasteiger partial charge in [0.15, 0.2) is 6.17 Å². The third kappa shape index (κ3) is 2.30. The minimum atomic E-state index is -1.11. The molecule has 0 aliphatic rings. The molecule has 0 aromatic heterocycles. The summed E-state index contributed by atoms with van der Waals surface area (Å²) in [5.74, 6) is -1.11. The van der Waals surface area contributed by atoms with Gasteiger partial charge in [0, 0.05) is 0 Å². The van der Waals surface area contributed by atoms with Crippen molar-refractivity contribution in [1.82, 2.24) is 0 Å². The summed E-state index contributed by atoms with van der Waals surface area (Å²) in [7, 11) is 0. The molecule has 0 aliphatic heterocycles. The minimum absolute atomic E-state index is 1.10. The van der Waals surface area contributed by atoms with Crippen LogP contribution in [0, 0.1) is 0 Å². The molecule has 0 aliphatic carbocycles. The largest absolute Gasteiger partial charge is 0.479 e. The van der Waals surface area contributed by atoms with Crippen molar-refractivity contribution < 1.29 is 9.90 Å². The van der Waals surface area contributed by atoms with Gasteiger partial charge in [-0.15, -0.1) is 0 Å². The van der Waals surface area contributed by atoms with E-state index in [0.29, 0.717) is 0 Å². The highest BCUT2D eigenvalue weighted by atomic mass is 16.4. The molecule has 0 fully saturated rings. The summed E-state index contributed by atoms with van der Waals surface area (Å²) < 4.78 is 0. The fourth-order valence-electron chi connectivity index (χ4n) is 0.224. The molecule has 0 spiro atoms. The van der Waals surface area contributed by atoms with Crippen molar-refractivity contribution >= 4 is 12.2 Å². The van der Waals surface area contributed by atoms with Crippen LogP contribution < -0.4 is 5.73 Å². The Morgan fingerprint density at radius 3 is 2.62 bits per heavy atom. The van der Waals surface area contributed by atoms with Crippen molar-refractivity contribution in [3.05, 3.63) is 0 Å². The number of carboxylic acid groups (broad SMARTS) is 1. The number of hydrogen-bond donors (Lipinski definition) is 2. The number of carboxylic acids is 1. The van der Waals surface area contributed by atoms with Crippen LogP contribution in [-0.4, -0.2) is 23.5 Å². The fraction of sp³-hybridized carbons (Fsp3) is 0.500. The van der Waals surface area contributed by atoms with E-state index in [-0.39, 0.29) is 0 Å². The molecule has 46 valence electrons. The molecular weight excluding hydrogens is 108 g/mol. The highest BCUT2D eigenvalue weighted by Gasteiger charge is 2.05. The van der Waals surface area contributed by atoms with Gasteiger partial charge in [0.1, 0.15) is 0 Å². The van der Waals surface area contributed by atoms with Gasteiger partial charge < -0.3 is 10.8 Å². The van der Waals surface area contributed by atoms with E-state index in [1.807, 2.05) is 0 Å². The molecule has 0 radical (unpaired) electrons. The number of aliphatic carboxylic acids is 1. The molecule has 8 heavy (non-hydrogen) atoms. The summed E-state index contributed by atoms with van der Waals surface area (Å²) in [6.45, 7) is 1.61. The van der Waals surface area contributed by atoms with Crippen LogP contribution in [0.25, 0.3) is 0 Å². The van der Waals surface area contributed by atoms with Gasteiger partial charge in [-0.3, -0.25) is 4.99 Å². The van der Waals surface area contributed by atoms with Gasteiger partial charge in [-0.1, -0.05) is 0 Å². The van der Waals surface area contributed by atoms with Crippen LogP contribution >= 0.6 is 0 Å². The summed E-state index contributed by atoms with van der Waals surface area (Å²) in [5.41, 5.74) is 4.93. The van der Waals surface area contributed by atoms with Gasteiger partial charge in [0.25, 0.3) is 0 Å². The average Bonchev–Trinajstić information content (AvgIpc) is 1.67. The standard InChI is InChI=1S/C4H8N2O2/c1-2-6-3(5)4(7)8/h2-3H,5H2,1H3,(H,7,8)/b6-2+. The first kappa shape index (κ1) is 7.10. The molecule has 0 aromatic rings. The molecule has 0 saturated heterocycles. The van der Waals surface area contributed by atoms with Gasteiger partial charge in [-0.2, -0.15) is 0 Å². The van der Waals surface area contributed by atoms with E-state index in [0.717, 1.165) is 0 Å². The van der Waals surface area contributed by atoms with E-state index < -0.39 is 12.1 Å². The maximum Gasteiger partial charge on any atom is 0.343 e. The molecule has 0 rings (SSSR count). The first-order valence-corrected chi connectivity index (χ1v) is 2.14. The maximum absolute atomic E-state index is 9.85. The topological polar surface area (TPSA) is 75.7 Å². The number of rotatable bonds is 2. The van der Waals surface area contributed by atoms with Gasteiger partial charge >= 0.3 is 5.97 Å². The molecule has 0 amide bonds. The van der Waals surface area contributed by atoms with E-state index >= 15 is 0 Å². The predicted octanol–water partition coefficient (Wildman–Crippen LogP) is -0.553. The summed E-state index contributed by atoms with van der Waals surface area (Å²) >= 11 is 0. The summed E-state index contributed by atoms with van der Waals surface area (Å²) in [4.78, 5) is 13.2. The lowest BCUT2D eigenvalue weighted by Crippen LogP contribution is -2.27. The highest BCUT2D eigenvalue weighted by Crippen LogP contribution is 1.76. The summed E-state index contributed by atoms with van der Waals surface area (Å²) in [6, 6.07) is 0. The molecule has 0 heterocycles. The summed E-state index contributed by atoms with van der Waals surface area (Å²) in [6.07, 6.45) is 0.263. The highest BCUT2D eigenvalue weighted by molar-refractivity contribution is 5.74. The van der Waals surface area contributed by atoms with Gasteiger partial charge in [-0.05, 0) is 13.1 Å². The Morgan fingerprint density at radius 1 is 2.00 bits per heavy atom. The molecule has 0 bridgehead atoms. The third-order valence-electron chi connectivity index (χ3n) is 0.563. The monoisotopic (exact) mass is 116 g/mol. The Morgan fingerprint density at radius 2 is 2.50 bits per heavy atom. The Kier molecular flexibility index (Phi) is 2.79. The minimum Gasteiger partial charge on any atom is -0.479 e. The van der Waals surface area contributed by atoms with Crippen molar-refractivity contribution in [2.75, 3.05) is 0 Å². The first-order valence-electron chi connectivity index (χ1n) is 2.14. The van der Waals surface area contributed by atoms with Crippen LogP contribution in [0.1, 0.15) is 6.92 Å². The summed E-state index contributed by atoms with van der Waals surface area (Å²) in [5, 5.41) is 8.07. The molecular formula is C4H8N2O2. The van der Waals surface area contributed by atoms with Gasteiger partial charge in [-0.25, -0.2) is 4.79 Å². The van der Waals surface area contributed by atoms with Crippen LogP contribution in [0.2, 0.25) is 0 Å². The molecule has 4 nitrogen and oxygen atoms in total. The van der Waals surface area contributed by atoms with Gasteiger partial charge in [0.05, 0.1) is 0 Å². The van der Waals surface area contributed by atoms with Crippen molar-refractivity contribution in [3.8, 4) is 0 Å². The molecule has 1 atom stereocenters. The lowest BCUT2D eigenvalue weighted by atomic mass is 10.5. The number of carbonyl (C=O) groups is 1. The van der Waals surface area contributed by atoms with Crippen LogP contribution in [0.4, 0.5) is 0 Å². The predicted molar refractivity (Wildman–Crippen MR) is 29.8 cm³/mol. The normalized spacial score (nSPS) is 14.2. The Balaban J connectivity index is 3.64. The lowest BCUT2D eigenvalue weighted by molar-refractivity contribution is -0.138. The molecule has 0 aromatic carbocycles. The van der Waals surface area contributed by atoms with Gasteiger partial charge in [0.2, 0.25) is 0 Å². The smallest absolute Gasteiger partial charge is 0.343 e.